The van der Waals surface area contributed by atoms with Crippen LogP contribution in [-0.2, 0) is 5.33 Å². The highest BCUT2D eigenvalue weighted by atomic mass is 79.9. The average molecular weight is 406 g/mol. The molecule has 6 heteroatoms. The molecule has 0 spiro atoms. The Kier molecular flexibility index (Phi) is 4.35. The molecule has 0 radical (unpaired) electrons. The van der Waals surface area contributed by atoms with Crippen LogP contribution in [0.15, 0.2) is 24.4 Å². The lowest BCUT2D eigenvalue weighted by Gasteiger charge is -2.30. The summed E-state index contributed by atoms with van der Waals surface area (Å²) >= 11 is 5.01. The molecule has 0 aliphatic heterocycles. The number of alkyl halides is 1. The molecule has 1 aliphatic rings. The van der Waals surface area contributed by atoms with Crippen molar-refractivity contribution in [1.29, 1.82) is 0 Å². The van der Waals surface area contributed by atoms with Crippen LogP contribution in [0.25, 0.3) is 16.0 Å². The Morgan fingerprint density at radius 1 is 1.38 bits per heavy atom. The largest absolute Gasteiger partial charge is 0.338 e. The lowest BCUT2D eigenvalue weighted by Crippen LogP contribution is -2.37. The van der Waals surface area contributed by atoms with Crippen LogP contribution >= 0.6 is 27.3 Å². The summed E-state index contributed by atoms with van der Waals surface area (Å²) < 4.78 is 2.05. The molecule has 1 aliphatic carbocycles. The first kappa shape index (κ1) is 16.1. The summed E-state index contributed by atoms with van der Waals surface area (Å²) in [4.78, 5) is 21.2. The maximum atomic E-state index is 12.9. The highest BCUT2D eigenvalue weighted by Gasteiger charge is 2.25. The second-order valence-electron chi connectivity index (χ2n) is 6.49. The van der Waals surface area contributed by atoms with Gasteiger partial charge in [-0.1, -0.05) is 58.7 Å². The predicted octanol–water partition coefficient (Wildman–Crippen LogP) is 4.85. The van der Waals surface area contributed by atoms with Gasteiger partial charge in [-0.3, -0.25) is 9.20 Å². The van der Waals surface area contributed by atoms with Gasteiger partial charge in [-0.05, 0) is 24.5 Å². The van der Waals surface area contributed by atoms with Crippen molar-refractivity contribution in [1.82, 2.24) is 14.3 Å². The zero-order valence-corrected chi connectivity index (χ0v) is 16.1. The second-order valence-corrected chi connectivity index (χ2v) is 8.06. The molecule has 0 atom stereocenters. The molecule has 1 saturated carbocycles. The SMILES string of the molecule is CN(C(=O)c1cn2c(nc3c(CBr)cccc32)s1)C1CCCCC1. The van der Waals surface area contributed by atoms with Crippen LogP contribution in [0.1, 0.15) is 47.3 Å². The number of thiazole rings is 1. The summed E-state index contributed by atoms with van der Waals surface area (Å²) in [5.74, 6) is 0.127. The maximum absolute atomic E-state index is 12.9. The van der Waals surface area contributed by atoms with E-state index in [1.54, 1.807) is 0 Å². The molecule has 2 aromatic heterocycles. The summed E-state index contributed by atoms with van der Waals surface area (Å²) in [6, 6.07) is 6.57. The van der Waals surface area contributed by atoms with Crippen LogP contribution in [-0.4, -0.2) is 33.3 Å². The van der Waals surface area contributed by atoms with E-state index in [0.29, 0.717) is 6.04 Å². The van der Waals surface area contributed by atoms with Gasteiger partial charge in [-0.15, -0.1) is 0 Å². The van der Waals surface area contributed by atoms with E-state index >= 15 is 0 Å². The van der Waals surface area contributed by atoms with Gasteiger partial charge in [0.05, 0.1) is 11.0 Å². The van der Waals surface area contributed by atoms with Crippen molar-refractivity contribution >= 4 is 49.2 Å². The van der Waals surface area contributed by atoms with E-state index in [2.05, 4.69) is 28.1 Å². The molecule has 0 bridgehead atoms. The van der Waals surface area contributed by atoms with E-state index < -0.39 is 0 Å². The van der Waals surface area contributed by atoms with Gasteiger partial charge in [-0.2, -0.15) is 0 Å². The Hall–Kier alpha value is -1.40. The van der Waals surface area contributed by atoms with Crippen LogP contribution in [0.4, 0.5) is 0 Å². The molecule has 24 heavy (non-hydrogen) atoms. The summed E-state index contributed by atoms with van der Waals surface area (Å²) in [5, 5.41) is 0.783. The fourth-order valence-electron chi connectivity index (χ4n) is 3.61. The number of aromatic nitrogens is 2. The number of carbonyl (C=O) groups excluding carboxylic acids is 1. The normalized spacial score (nSPS) is 16.1. The van der Waals surface area contributed by atoms with E-state index in [9.17, 15) is 4.79 Å². The maximum Gasteiger partial charge on any atom is 0.265 e. The molecule has 2 heterocycles. The summed E-state index contributed by atoms with van der Waals surface area (Å²) in [7, 11) is 1.95. The van der Waals surface area contributed by atoms with E-state index in [1.165, 1.54) is 36.2 Å². The summed E-state index contributed by atoms with van der Waals surface area (Å²) in [5.41, 5.74) is 3.26. The molecular weight excluding hydrogens is 386 g/mol. The van der Waals surface area contributed by atoms with Crippen LogP contribution < -0.4 is 0 Å². The lowest BCUT2D eigenvalue weighted by atomic mass is 9.94. The number of hydrogen-bond acceptors (Lipinski definition) is 3. The van der Waals surface area contributed by atoms with Crippen molar-refractivity contribution in [2.45, 2.75) is 43.5 Å². The van der Waals surface area contributed by atoms with Crippen LogP contribution in [0.2, 0.25) is 0 Å². The zero-order valence-electron chi connectivity index (χ0n) is 13.7. The number of amides is 1. The smallest absolute Gasteiger partial charge is 0.265 e. The monoisotopic (exact) mass is 405 g/mol. The molecule has 1 fully saturated rings. The van der Waals surface area contributed by atoms with Crippen molar-refractivity contribution in [3.8, 4) is 0 Å². The van der Waals surface area contributed by atoms with Gasteiger partial charge in [0.25, 0.3) is 5.91 Å². The number of halogens is 1. The number of rotatable bonds is 3. The van der Waals surface area contributed by atoms with E-state index in [1.807, 2.05) is 28.6 Å². The van der Waals surface area contributed by atoms with E-state index in [0.717, 1.165) is 39.0 Å². The fraction of sp³-hybridized carbons (Fsp3) is 0.444. The fourth-order valence-corrected chi connectivity index (χ4v) is 5.03. The van der Waals surface area contributed by atoms with Crippen LogP contribution in [0.5, 0.6) is 0 Å². The third-order valence-electron chi connectivity index (χ3n) is 5.02. The molecule has 4 nitrogen and oxygen atoms in total. The van der Waals surface area contributed by atoms with Gasteiger partial charge in [-0.25, -0.2) is 4.98 Å². The Morgan fingerprint density at radius 3 is 2.92 bits per heavy atom. The third-order valence-corrected chi connectivity index (χ3v) is 6.59. The number of para-hydroxylation sites is 1. The number of hydrogen-bond donors (Lipinski definition) is 0. The predicted molar refractivity (Wildman–Crippen MR) is 102 cm³/mol. The first-order chi connectivity index (χ1) is 11.7. The molecule has 4 rings (SSSR count). The van der Waals surface area contributed by atoms with Gasteiger partial charge in [0.15, 0.2) is 4.96 Å². The minimum absolute atomic E-state index is 0.127. The first-order valence-corrected chi connectivity index (χ1v) is 10.4. The Morgan fingerprint density at radius 2 is 2.17 bits per heavy atom. The van der Waals surface area contributed by atoms with Gasteiger partial charge in [0, 0.05) is 24.6 Å². The zero-order chi connectivity index (χ0) is 16.7. The minimum atomic E-state index is 0.127. The van der Waals surface area contributed by atoms with Gasteiger partial charge in [0.1, 0.15) is 4.88 Å². The summed E-state index contributed by atoms with van der Waals surface area (Å²) in [6.45, 7) is 0. The van der Waals surface area contributed by atoms with Crippen molar-refractivity contribution in [3.05, 3.63) is 34.8 Å². The number of benzene rings is 1. The standard InChI is InChI=1S/C18H20BrN3OS/c1-21(13-7-3-2-4-8-13)17(23)15-11-22-14-9-5-6-12(10-19)16(14)20-18(22)24-15/h5-6,9,11,13H,2-4,7-8,10H2,1H3. The van der Waals surface area contributed by atoms with E-state index in [-0.39, 0.29) is 5.91 Å². The van der Waals surface area contributed by atoms with Gasteiger partial charge >= 0.3 is 0 Å². The van der Waals surface area contributed by atoms with Gasteiger partial charge < -0.3 is 4.90 Å². The molecule has 0 unspecified atom stereocenters. The highest BCUT2D eigenvalue weighted by molar-refractivity contribution is 9.08. The number of imidazole rings is 1. The molecule has 0 saturated heterocycles. The first-order valence-electron chi connectivity index (χ1n) is 8.41. The Labute approximate surface area is 153 Å². The Bertz CT molecular complexity index is 894. The number of nitrogens with zero attached hydrogens (tertiary/aromatic N) is 3. The molecule has 0 N–H and O–H groups in total. The Balaban J connectivity index is 1.68. The molecule has 1 amide bonds. The molecule has 3 aromatic rings. The third kappa shape index (κ3) is 2.65. The molecule has 1 aromatic carbocycles. The minimum Gasteiger partial charge on any atom is -0.338 e. The molecule has 126 valence electrons. The number of fused-ring (bicyclic) bond motifs is 3. The van der Waals surface area contributed by atoms with Gasteiger partial charge in [0.2, 0.25) is 0 Å². The second kappa shape index (κ2) is 6.48. The summed E-state index contributed by atoms with van der Waals surface area (Å²) in [6.07, 6.45) is 7.97. The quantitative estimate of drug-likeness (QED) is 0.584. The molecular formula is C18H20BrN3OS. The van der Waals surface area contributed by atoms with Crippen molar-refractivity contribution in [2.24, 2.45) is 0 Å². The number of carbonyl (C=O) groups is 1. The lowest BCUT2D eigenvalue weighted by molar-refractivity contribution is 0.0701. The van der Waals surface area contributed by atoms with Crippen LogP contribution in [0.3, 0.4) is 0 Å². The highest BCUT2D eigenvalue weighted by Crippen LogP contribution is 2.29. The van der Waals surface area contributed by atoms with E-state index in [4.69, 9.17) is 4.98 Å². The van der Waals surface area contributed by atoms with Crippen molar-refractivity contribution in [3.63, 3.8) is 0 Å². The average Bonchev–Trinajstić information content (AvgIpc) is 3.19. The topological polar surface area (TPSA) is 37.6 Å². The van der Waals surface area contributed by atoms with Crippen LogP contribution in [0, 0.1) is 0 Å². The van der Waals surface area contributed by atoms with Crippen molar-refractivity contribution < 1.29 is 4.79 Å². The van der Waals surface area contributed by atoms with Crippen molar-refractivity contribution in [2.75, 3.05) is 7.05 Å².